The molecule has 0 unspecified atom stereocenters. The van der Waals surface area contributed by atoms with Gasteiger partial charge in [-0.3, -0.25) is 4.79 Å². The van der Waals surface area contributed by atoms with Crippen LogP contribution in [0.4, 0.5) is 0 Å². The van der Waals surface area contributed by atoms with Gasteiger partial charge in [-0.25, -0.2) is 8.42 Å². The number of carboxylic acids is 1. The van der Waals surface area contributed by atoms with Gasteiger partial charge in [0, 0.05) is 0 Å². The van der Waals surface area contributed by atoms with E-state index in [-0.39, 0.29) is 17.7 Å². The lowest BCUT2D eigenvalue weighted by atomic mass is 9.95. The van der Waals surface area contributed by atoms with Crippen molar-refractivity contribution in [2.75, 3.05) is 6.61 Å². The fourth-order valence-corrected chi connectivity index (χ4v) is 3.44. The largest absolute Gasteiger partial charge is 0.494 e. The minimum atomic E-state index is -3.91. The molecule has 0 atom stereocenters. The van der Waals surface area contributed by atoms with E-state index in [0.717, 1.165) is 0 Å². The molecule has 0 aliphatic heterocycles. The van der Waals surface area contributed by atoms with Crippen LogP contribution >= 0.6 is 0 Å². The maximum Gasteiger partial charge on any atom is 0.324 e. The molecular weight excluding hydrogens is 294 g/mol. The van der Waals surface area contributed by atoms with Crippen LogP contribution in [0.15, 0.2) is 29.2 Å². The molecule has 6 nitrogen and oxygen atoms in total. The molecule has 0 aliphatic carbocycles. The Bertz CT molecular complexity index is 576. The Labute approximate surface area is 125 Å². The summed E-state index contributed by atoms with van der Waals surface area (Å²) in [4.78, 5) is 11.4. The van der Waals surface area contributed by atoms with Gasteiger partial charge >= 0.3 is 5.97 Å². The van der Waals surface area contributed by atoms with Crippen LogP contribution in [0.25, 0.3) is 0 Å². The number of nitrogens with one attached hydrogen (secondary N) is 1. The SMILES string of the molecule is CCOc1ccc(S(=O)(=O)NC(CC)(CC)C(=O)O)cc1. The third kappa shape index (κ3) is 3.95. The Kier molecular flexibility index (Phi) is 5.74. The van der Waals surface area contributed by atoms with Gasteiger partial charge < -0.3 is 9.84 Å². The van der Waals surface area contributed by atoms with E-state index in [2.05, 4.69) is 4.72 Å². The number of carboxylic acid groups (broad SMARTS) is 1. The summed E-state index contributed by atoms with van der Waals surface area (Å²) in [6.07, 6.45) is 0.324. The molecule has 0 amide bonds. The van der Waals surface area contributed by atoms with Crippen molar-refractivity contribution in [2.24, 2.45) is 0 Å². The quantitative estimate of drug-likeness (QED) is 0.765. The van der Waals surface area contributed by atoms with Crippen molar-refractivity contribution >= 4 is 16.0 Å². The number of carbonyl (C=O) groups is 1. The first-order valence-electron chi connectivity index (χ1n) is 6.81. The summed E-state index contributed by atoms with van der Waals surface area (Å²) in [7, 11) is -3.91. The highest BCUT2D eigenvalue weighted by Crippen LogP contribution is 2.21. The molecule has 2 N–H and O–H groups in total. The normalized spacial score (nSPS) is 12.1. The van der Waals surface area contributed by atoms with Gasteiger partial charge in [-0.05, 0) is 44.0 Å². The van der Waals surface area contributed by atoms with Crippen molar-refractivity contribution < 1.29 is 23.1 Å². The lowest BCUT2D eigenvalue weighted by molar-refractivity contribution is -0.144. The van der Waals surface area contributed by atoms with E-state index >= 15 is 0 Å². The van der Waals surface area contributed by atoms with Gasteiger partial charge in [-0.1, -0.05) is 13.8 Å². The minimum Gasteiger partial charge on any atom is -0.494 e. The summed E-state index contributed by atoms with van der Waals surface area (Å²) in [5.41, 5.74) is -1.49. The van der Waals surface area contributed by atoms with Crippen molar-refractivity contribution in [1.29, 1.82) is 0 Å². The van der Waals surface area contributed by atoms with E-state index in [4.69, 9.17) is 4.74 Å². The fourth-order valence-electron chi connectivity index (χ4n) is 1.94. The number of benzene rings is 1. The molecule has 7 heteroatoms. The van der Waals surface area contributed by atoms with Gasteiger partial charge in [0.05, 0.1) is 11.5 Å². The first-order chi connectivity index (χ1) is 9.81. The zero-order valence-corrected chi connectivity index (χ0v) is 13.2. The summed E-state index contributed by atoms with van der Waals surface area (Å²) in [5.74, 6) is -0.617. The maximum absolute atomic E-state index is 12.3. The summed E-state index contributed by atoms with van der Waals surface area (Å²) < 4.78 is 32.2. The topological polar surface area (TPSA) is 92.7 Å². The maximum atomic E-state index is 12.3. The number of aliphatic carboxylic acids is 1. The Morgan fingerprint density at radius 3 is 2.10 bits per heavy atom. The van der Waals surface area contributed by atoms with Crippen molar-refractivity contribution in [3.8, 4) is 5.75 Å². The van der Waals surface area contributed by atoms with Crippen LogP contribution in [0.3, 0.4) is 0 Å². The van der Waals surface area contributed by atoms with Crippen LogP contribution in [0.1, 0.15) is 33.6 Å². The molecule has 21 heavy (non-hydrogen) atoms. The molecule has 0 radical (unpaired) electrons. The number of ether oxygens (including phenoxy) is 1. The van der Waals surface area contributed by atoms with Gasteiger partial charge in [-0.2, -0.15) is 4.72 Å². The molecule has 0 saturated carbocycles. The second kappa shape index (κ2) is 6.91. The first-order valence-corrected chi connectivity index (χ1v) is 8.30. The Hall–Kier alpha value is -1.60. The van der Waals surface area contributed by atoms with Crippen LogP contribution in [-0.4, -0.2) is 31.6 Å². The van der Waals surface area contributed by atoms with E-state index in [0.29, 0.717) is 12.4 Å². The third-order valence-electron chi connectivity index (χ3n) is 3.39. The lowest BCUT2D eigenvalue weighted by Gasteiger charge is -2.27. The molecule has 0 bridgehead atoms. The summed E-state index contributed by atoms with van der Waals surface area (Å²) >= 11 is 0. The van der Waals surface area contributed by atoms with Crippen LogP contribution < -0.4 is 9.46 Å². The van der Waals surface area contributed by atoms with Crippen LogP contribution in [0.5, 0.6) is 5.75 Å². The predicted octanol–water partition coefficient (Wildman–Crippen LogP) is 2.01. The third-order valence-corrected chi connectivity index (χ3v) is 4.94. The second-order valence-electron chi connectivity index (χ2n) is 4.60. The van der Waals surface area contributed by atoms with Gasteiger partial charge in [0.25, 0.3) is 0 Å². The van der Waals surface area contributed by atoms with Crippen LogP contribution in [0.2, 0.25) is 0 Å². The molecule has 0 aliphatic rings. The molecule has 0 spiro atoms. The molecule has 0 fully saturated rings. The monoisotopic (exact) mass is 315 g/mol. The first kappa shape index (κ1) is 17.5. The average molecular weight is 315 g/mol. The summed E-state index contributed by atoms with van der Waals surface area (Å²) in [5, 5.41) is 9.30. The van der Waals surface area contributed by atoms with E-state index < -0.39 is 21.5 Å². The molecule has 118 valence electrons. The van der Waals surface area contributed by atoms with Crippen molar-refractivity contribution in [1.82, 2.24) is 4.72 Å². The Morgan fingerprint density at radius 1 is 1.19 bits per heavy atom. The van der Waals surface area contributed by atoms with E-state index in [1.54, 1.807) is 26.0 Å². The molecule has 1 aromatic rings. The second-order valence-corrected chi connectivity index (χ2v) is 6.29. The smallest absolute Gasteiger partial charge is 0.324 e. The highest BCUT2D eigenvalue weighted by atomic mass is 32.2. The number of hydrogen-bond donors (Lipinski definition) is 2. The van der Waals surface area contributed by atoms with Crippen molar-refractivity contribution in [2.45, 2.75) is 44.0 Å². The van der Waals surface area contributed by atoms with E-state index in [1.807, 2.05) is 6.92 Å². The average Bonchev–Trinajstić information content (AvgIpc) is 2.45. The Balaban J connectivity index is 3.07. The van der Waals surface area contributed by atoms with Gasteiger partial charge in [0.1, 0.15) is 11.3 Å². The molecule has 0 aromatic heterocycles. The van der Waals surface area contributed by atoms with Crippen LogP contribution in [0, 0.1) is 0 Å². The van der Waals surface area contributed by atoms with E-state index in [9.17, 15) is 18.3 Å². The van der Waals surface area contributed by atoms with Gasteiger partial charge in [-0.15, -0.1) is 0 Å². The standard InChI is InChI=1S/C14H21NO5S/c1-4-14(5-2,13(16)17)15-21(18,19)12-9-7-11(8-10-12)20-6-3/h7-10,15H,4-6H2,1-3H3,(H,16,17). The summed E-state index contributed by atoms with van der Waals surface area (Å²) in [6, 6.07) is 5.87. The molecule has 0 saturated heterocycles. The molecule has 0 heterocycles. The highest BCUT2D eigenvalue weighted by Gasteiger charge is 2.39. The Morgan fingerprint density at radius 2 is 1.71 bits per heavy atom. The zero-order valence-electron chi connectivity index (χ0n) is 12.4. The number of sulfonamides is 1. The zero-order chi connectivity index (χ0) is 16.1. The number of rotatable bonds is 8. The van der Waals surface area contributed by atoms with Crippen molar-refractivity contribution in [3.63, 3.8) is 0 Å². The van der Waals surface area contributed by atoms with E-state index in [1.165, 1.54) is 12.1 Å². The highest BCUT2D eigenvalue weighted by molar-refractivity contribution is 7.89. The van der Waals surface area contributed by atoms with Gasteiger partial charge in [0.2, 0.25) is 10.0 Å². The van der Waals surface area contributed by atoms with Crippen molar-refractivity contribution in [3.05, 3.63) is 24.3 Å². The molecular formula is C14H21NO5S. The minimum absolute atomic E-state index is 0.0125. The predicted molar refractivity (Wildman–Crippen MR) is 78.9 cm³/mol. The lowest BCUT2D eigenvalue weighted by Crippen LogP contribution is -2.53. The van der Waals surface area contributed by atoms with Gasteiger partial charge in [0.15, 0.2) is 0 Å². The number of hydrogen-bond acceptors (Lipinski definition) is 4. The summed E-state index contributed by atoms with van der Waals surface area (Å²) in [6.45, 7) is 5.59. The molecule has 1 rings (SSSR count). The van der Waals surface area contributed by atoms with Crippen LogP contribution in [-0.2, 0) is 14.8 Å². The fraction of sp³-hybridized carbons (Fsp3) is 0.500. The molecule has 1 aromatic carbocycles.